The number of thiocarbonyl (C=S) groups is 1. The number of para-hydroxylation sites is 2. The summed E-state index contributed by atoms with van der Waals surface area (Å²) in [5.74, 6) is -0.453. The van der Waals surface area contributed by atoms with Crippen LogP contribution >= 0.6 is 23.8 Å². The number of nitrogens with zero attached hydrogens (tertiary/aromatic N) is 1. The van der Waals surface area contributed by atoms with E-state index in [9.17, 15) is 9.18 Å². The summed E-state index contributed by atoms with van der Waals surface area (Å²) in [4.78, 5) is 16.7. The van der Waals surface area contributed by atoms with Crippen molar-refractivity contribution in [1.29, 1.82) is 0 Å². The predicted molar refractivity (Wildman–Crippen MR) is 115 cm³/mol. The number of fused-ring (bicyclic) bond motifs is 1. The Morgan fingerprint density at radius 1 is 1.07 bits per heavy atom. The lowest BCUT2D eigenvalue weighted by Crippen LogP contribution is -2.34. The molecule has 0 atom stereocenters. The SMILES string of the molecule is O=C(NC(=S)Nc1cc(-c2nc3ccccc3o2)ccc1Cl)c1ccc(F)cc1. The first kappa shape index (κ1) is 19.0. The van der Waals surface area contributed by atoms with Crippen molar-refractivity contribution < 1.29 is 13.6 Å². The fourth-order valence-electron chi connectivity index (χ4n) is 2.68. The molecule has 8 heteroatoms. The third-order valence-corrected chi connectivity index (χ3v) is 4.62. The number of halogens is 2. The van der Waals surface area contributed by atoms with Crippen molar-refractivity contribution in [2.45, 2.75) is 0 Å². The topological polar surface area (TPSA) is 67.2 Å². The number of carbonyl (C=O) groups is 1. The van der Waals surface area contributed by atoms with Crippen molar-refractivity contribution in [2.75, 3.05) is 5.32 Å². The van der Waals surface area contributed by atoms with Crippen molar-refractivity contribution in [1.82, 2.24) is 10.3 Å². The molecular weight excluding hydrogens is 413 g/mol. The first-order valence-electron chi connectivity index (χ1n) is 8.53. The molecule has 1 heterocycles. The van der Waals surface area contributed by atoms with Crippen LogP contribution in [0.5, 0.6) is 0 Å². The summed E-state index contributed by atoms with van der Waals surface area (Å²) in [6.07, 6.45) is 0. The van der Waals surface area contributed by atoms with Crippen LogP contribution in [-0.2, 0) is 0 Å². The van der Waals surface area contributed by atoms with Gasteiger partial charge >= 0.3 is 0 Å². The number of nitrogens with one attached hydrogen (secondary N) is 2. The second-order valence-corrected chi connectivity index (χ2v) is 6.91. The van der Waals surface area contributed by atoms with E-state index in [4.69, 9.17) is 28.2 Å². The summed E-state index contributed by atoms with van der Waals surface area (Å²) in [6, 6.07) is 17.8. The minimum Gasteiger partial charge on any atom is -0.436 e. The third-order valence-electron chi connectivity index (χ3n) is 4.09. The normalized spacial score (nSPS) is 10.7. The lowest BCUT2D eigenvalue weighted by molar-refractivity contribution is 0.0977. The molecule has 3 aromatic carbocycles. The summed E-state index contributed by atoms with van der Waals surface area (Å²) < 4.78 is 18.8. The molecule has 0 aliphatic rings. The first-order chi connectivity index (χ1) is 14.0. The average Bonchev–Trinajstić information content (AvgIpc) is 3.14. The Bertz CT molecular complexity index is 1190. The Morgan fingerprint density at radius 3 is 2.59 bits per heavy atom. The molecule has 0 saturated carbocycles. The fourth-order valence-corrected chi connectivity index (χ4v) is 3.05. The van der Waals surface area contributed by atoms with E-state index in [-0.39, 0.29) is 10.7 Å². The number of rotatable bonds is 3. The zero-order valence-electron chi connectivity index (χ0n) is 14.8. The highest BCUT2D eigenvalue weighted by Crippen LogP contribution is 2.30. The number of aromatic nitrogens is 1. The standard InChI is InChI=1S/C21H13ClFN3O2S/c22-15-10-7-13(20-24-16-3-1-2-4-18(16)28-20)11-17(15)25-21(29)26-19(27)12-5-8-14(23)9-6-12/h1-11H,(H2,25,26,27,29). The number of anilines is 1. The Morgan fingerprint density at radius 2 is 1.83 bits per heavy atom. The summed E-state index contributed by atoms with van der Waals surface area (Å²) >= 11 is 11.4. The van der Waals surface area contributed by atoms with Crippen LogP contribution in [0.2, 0.25) is 5.02 Å². The van der Waals surface area contributed by atoms with E-state index >= 15 is 0 Å². The zero-order valence-corrected chi connectivity index (χ0v) is 16.4. The lowest BCUT2D eigenvalue weighted by atomic mass is 10.2. The van der Waals surface area contributed by atoms with E-state index < -0.39 is 11.7 Å². The molecule has 4 rings (SSSR count). The molecule has 0 radical (unpaired) electrons. The Labute approximate surface area is 175 Å². The van der Waals surface area contributed by atoms with Gasteiger partial charge in [0.15, 0.2) is 10.7 Å². The summed E-state index contributed by atoms with van der Waals surface area (Å²) in [6.45, 7) is 0. The molecule has 144 valence electrons. The van der Waals surface area contributed by atoms with Gasteiger partial charge in [-0.15, -0.1) is 0 Å². The second-order valence-electron chi connectivity index (χ2n) is 6.10. The van der Waals surface area contributed by atoms with Gasteiger partial charge in [-0.05, 0) is 66.8 Å². The largest absolute Gasteiger partial charge is 0.436 e. The highest BCUT2D eigenvalue weighted by molar-refractivity contribution is 7.80. The van der Waals surface area contributed by atoms with Gasteiger partial charge in [-0.2, -0.15) is 0 Å². The second kappa shape index (κ2) is 7.98. The van der Waals surface area contributed by atoms with Crippen molar-refractivity contribution in [3.05, 3.63) is 83.1 Å². The molecule has 5 nitrogen and oxygen atoms in total. The zero-order chi connectivity index (χ0) is 20.4. The van der Waals surface area contributed by atoms with Crippen LogP contribution in [-0.4, -0.2) is 16.0 Å². The van der Waals surface area contributed by atoms with E-state index in [0.29, 0.717) is 27.7 Å². The predicted octanol–water partition coefficient (Wildman–Crippen LogP) is 5.41. The number of hydrogen-bond donors (Lipinski definition) is 2. The maximum absolute atomic E-state index is 13.0. The van der Waals surface area contributed by atoms with Crippen LogP contribution in [0, 0.1) is 5.82 Å². The van der Waals surface area contributed by atoms with Gasteiger partial charge in [-0.1, -0.05) is 23.7 Å². The van der Waals surface area contributed by atoms with Crippen molar-refractivity contribution >= 4 is 51.6 Å². The Balaban J connectivity index is 1.52. The maximum atomic E-state index is 13.0. The average molecular weight is 426 g/mol. The molecule has 0 aliphatic heterocycles. The number of hydrogen-bond acceptors (Lipinski definition) is 4. The van der Waals surface area contributed by atoms with E-state index in [2.05, 4.69) is 15.6 Å². The Hall–Kier alpha value is -3.29. The number of carbonyl (C=O) groups excluding carboxylic acids is 1. The first-order valence-corrected chi connectivity index (χ1v) is 9.31. The van der Waals surface area contributed by atoms with Crippen LogP contribution in [0.4, 0.5) is 10.1 Å². The van der Waals surface area contributed by atoms with E-state index in [0.717, 1.165) is 5.52 Å². The molecule has 1 amide bonds. The number of benzene rings is 3. The lowest BCUT2D eigenvalue weighted by Gasteiger charge is -2.11. The number of amides is 1. The minimum atomic E-state index is -0.464. The highest BCUT2D eigenvalue weighted by atomic mass is 35.5. The Kier molecular flexibility index (Phi) is 5.24. The quantitative estimate of drug-likeness (QED) is 0.429. The van der Waals surface area contributed by atoms with Crippen LogP contribution in [0.1, 0.15) is 10.4 Å². The van der Waals surface area contributed by atoms with E-state index in [1.165, 1.54) is 24.3 Å². The van der Waals surface area contributed by atoms with Crippen molar-refractivity contribution in [3.8, 4) is 11.5 Å². The van der Waals surface area contributed by atoms with Crippen LogP contribution in [0.15, 0.2) is 71.1 Å². The molecule has 2 N–H and O–H groups in total. The van der Waals surface area contributed by atoms with Gasteiger partial charge < -0.3 is 9.73 Å². The van der Waals surface area contributed by atoms with Gasteiger partial charge in [0.05, 0.1) is 10.7 Å². The van der Waals surface area contributed by atoms with Crippen molar-refractivity contribution in [3.63, 3.8) is 0 Å². The molecule has 0 unspecified atom stereocenters. The van der Waals surface area contributed by atoms with Gasteiger partial charge in [0.2, 0.25) is 5.89 Å². The van der Waals surface area contributed by atoms with Crippen LogP contribution in [0.25, 0.3) is 22.6 Å². The summed E-state index contributed by atoms with van der Waals surface area (Å²) in [5, 5.41) is 5.88. The molecule has 29 heavy (non-hydrogen) atoms. The van der Waals surface area contributed by atoms with Gasteiger partial charge in [0, 0.05) is 11.1 Å². The minimum absolute atomic E-state index is 0.0518. The van der Waals surface area contributed by atoms with Crippen LogP contribution < -0.4 is 10.6 Å². The maximum Gasteiger partial charge on any atom is 0.257 e. The molecule has 0 aliphatic carbocycles. The van der Waals surface area contributed by atoms with E-state index in [1.54, 1.807) is 18.2 Å². The highest BCUT2D eigenvalue weighted by Gasteiger charge is 2.13. The monoisotopic (exact) mass is 425 g/mol. The molecule has 0 spiro atoms. The molecule has 1 aromatic heterocycles. The molecule has 0 fully saturated rings. The van der Waals surface area contributed by atoms with Gasteiger partial charge in [0.1, 0.15) is 11.3 Å². The van der Waals surface area contributed by atoms with Gasteiger partial charge in [-0.25, -0.2) is 9.37 Å². The van der Waals surface area contributed by atoms with Crippen LogP contribution in [0.3, 0.4) is 0 Å². The smallest absolute Gasteiger partial charge is 0.257 e. The van der Waals surface area contributed by atoms with Crippen molar-refractivity contribution in [2.24, 2.45) is 0 Å². The third kappa shape index (κ3) is 4.26. The fraction of sp³-hybridized carbons (Fsp3) is 0. The molecule has 0 saturated heterocycles. The summed E-state index contributed by atoms with van der Waals surface area (Å²) in [7, 11) is 0. The molecular formula is C21H13ClFN3O2S. The van der Waals surface area contributed by atoms with E-state index in [1.807, 2.05) is 24.3 Å². The molecule has 4 aromatic rings. The van der Waals surface area contributed by atoms with Gasteiger partial charge in [0.25, 0.3) is 5.91 Å². The number of oxazole rings is 1. The molecule has 0 bridgehead atoms. The summed E-state index contributed by atoms with van der Waals surface area (Å²) in [5.41, 5.74) is 2.88. The van der Waals surface area contributed by atoms with Gasteiger partial charge in [-0.3, -0.25) is 10.1 Å².